The van der Waals surface area contributed by atoms with Crippen molar-refractivity contribution in [1.29, 1.82) is 0 Å². The summed E-state index contributed by atoms with van der Waals surface area (Å²) in [6.45, 7) is 0.389. The van der Waals surface area contributed by atoms with Gasteiger partial charge in [0.15, 0.2) is 0 Å². The molecule has 2 heterocycles. The van der Waals surface area contributed by atoms with Crippen molar-refractivity contribution in [3.63, 3.8) is 0 Å². The number of nitrogens with zero attached hydrogens (tertiary/aromatic N) is 3. The van der Waals surface area contributed by atoms with Crippen molar-refractivity contribution in [2.75, 3.05) is 6.54 Å². The van der Waals surface area contributed by atoms with E-state index in [9.17, 15) is 18.0 Å². The Kier molecular flexibility index (Phi) is 5.77. The molecule has 0 bridgehead atoms. The van der Waals surface area contributed by atoms with Crippen LogP contribution in [0, 0.1) is 0 Å². The fraction of sp³-hybridized carbons (Fsp3) is 0.318. The van der Waals surface area contributed by atoms with Gasteiger partial charge in [-0.15, -0.1) is 13.2 Å². The standard InChI is InChI=1S/C22H21F3N4O2/c23-22(24,25)31-18-11-4-2-8-15(18)21(30)29-12-6-5-10-17(29)19(26)20-14-7-1-3-9-16(14)27-13-28-20/h1-4,7-9,11,13,17,19H,5-6,10,12,26H2/t17-,19?/m0/s1. The zero-order valence-corrected chi connectivity index (χ0v) is 16.5. The lowest BCUT2D eigenvalue weighted by Gasteiger charge is -2.39. The molecule has 3 aromatic rings. The highest BCUT2D eigenvalue weighted by Gasteiger charge is 2.37. The van der Waals surface area contributed by atoms with Crippen LogP contribution in [0.4, 0.5) is 13.2 Å². The summed E-state index contributed by atoms with van der Waals surface area (Å²) < 4.78 is 42.5. The third-order valence-electron chi connectivity index (χ3n) is 5.46. The fourth-order valence-corrected chi connectivity index (χ4v) is 4.07. The highest BCUT2D eigenvalue weighted by Crippen LogP contribution is 2.33. The number of likely N-dealkylation sites (tertiary alicyclic amines) is 1. The number of rotatable bonds is 4. The van der Waals surface area contributed by atoms with Crippen LogP contribution in [0.5, 0.6) is 5.75 Å². The fourth-order valence-electron chi connectivity index (χ4n) is 4.07. The number of aromatic nitrogens is 2. The number of piperidine rings is 1. The van der Waals surface area contributed by atoms with Crippen molar-refractivity contribution >= 4 is 16.8 Å². The second-order valence-corrected chi connectivity index (χ2v) is 7.41. The van der Waals surface area contributed by atoms with Gasteiger partial charge in [0, 0.05) is 11.9 Å². The van der Waals surface area contributed by atoms with E-state index in [0.717, 1.165) is 29.8 Å². The molecule has 0 spiro atoms. The summed E-state index contributed by atoms with van der Waals surface area (Å²) in [5, 5.41) is 0.788. The van der Waals surface area contributed by atoms with Crippen molar-refractivity contribution < 1.29 is 22.7 Å². The van der Waals surface area contributed by atoms with Gasteiger partial charge in [0.05, 0.1) is 28.9 Å². The number of alkyl halides is 3. The minimum Gasteiger partial charge on any atom is -0.405 e. The van der Waals surface area contributed by atoms with Crippen LogP contribution in [0.1, 0.15) is 41.4 Å². The van der Waals surface area contributed by atoms with Crippen LogP contribution in [-0.2, 0) is 0 Å². The minimum atomic E-state index is -4.89. The first-order valence-corrected chi connectivity index (χ1v) is 9.96. The van der Waals surface area contributed by atoms with Crippen molar-refractivity contribution in [2.24, 2.45) is 5.73 Å². The summed E-state index contributed by atoms with van der Waals surface area (Å²) in [5.41, 5.74) is 7.78. The van der Waals surface area contributed by atoms with Crippen LogP contribution in [-0.4, -0.2) is 39.7 Å². The first kappa shape index (κ1) is 21.0. The highest BCUT2D eigenvalue weighted by atomic mass is 19.4. The van der Waals surface area contributed by atoms with Gasteiger partial charge in [-0.05, 0) is 37.5 Å². The van der Waals surface area contributed by atoms with Crippen molar-refractivity contribution in [3.05, 3.63) is 66.1 Å². The summed E-state index contributed by atoms with van der Waals surface area (Å²) in [7, 11) is 0. The zero-order valence-electron chi connectivity index (χ0n) is 16.5. The maximum atomic E-state index is 13.3. The molecule has 0 saturated carbocycles. The summed E-state index contributed by atoms with van der Waals surface area (Å²) >= 11 is 0. The Morgan fingerprint density at radius 1 is 1.10 bits per heavy atom. The van der Waals surface area contributed by atoms with Crippen molar-refractivity contribution in [2.45, 2.75) is 37.7 Å². The summed E-state index contributed by atoms with van der Waals surface area (Å²) in [6.07, 6.45) is -1.26. The SMILES string of the molecule is NC(c1ncnc2ccccc12)[C@@H]1CCCCN1C(=O)c1ccccc1OC(F)(F)F. The van der Waals surface area contributed by atoms with Crippen LogP contribution < -0.4 is 10.5 Å². The minimum absolute atomic E-state index is 0.147. The molecule has 2 atom stereocenters. The van der Waals surface area contributed by atoms with Gasteiger partial charge in [0.1, 0.15) is 12.1 Å². The third kappa shape index (κ3) is 4.46. The van der Waals surface area contributed by atoms with Gasteiger partial charge in [-0.2, -0.15) is 0 Å². The Bertz CT molecular complexity index is 1080. The molecule has 1 aliphatic rings. The molecule has 1 saturated heterocycles. The lowest BCUT2D eigenvalue weighted by atomic mass is 9.91. The molecule has 1 fully saturated rings. The smallest absolute Gasteiger partial charge is 0.405 e. The molecular weight excluding hydrogens is 409 g/mol. The Hall–Kier alpha value is -3.20. The quantitative estimate of drug-likeness (QED) is 0.670. The predicted molar refractivity (Wildman–Crippen MR) is 108 cm³/mol. The number of para-hydroxylation sites is 2. The molecule has 0 radical (unpaired) electrons. The molecule has 31 heavy (non-hydrogen) atoms. The summed E-state index contributed by atoms with van der Waals surface area (Å²) in [4.78, 5) is 23.5. The summed E-state index contributed by atoms with van der Waals surface area (Å²) in [5.74, 6) is -1.07. The predicted octanol–water partition coefficient (Wildman–Crippen LogP) is 4.22. The number of carbonyl (C=O) groups excluding carboxylic acids is 1. The monoisotopic (exact) mass is 430 g/mol. The Morgan fingerprint density at radius 2 is 1.84 bits per heavy atom. The Balaban J connectivity index is 1.68. The highest BCUT2D eigenvalue weighted by molar-refractivity contribution is 5.97. The van der Waals surface area contributed by atoms with Gasteiger partial charge in [0.2, 0.25) is 0 Å². The van der Waals surface area contributed by atoms with Crippen LogP contribution in [0.2, 0.25) is 0 Å². The number of ether oxygens (including phenoxy) is 1. The molecule has 0 aliphatic carbocycles. The molecule has 1 amide bonds. The van der Waals surface area contributed by atoms with E-state index in [-0.39, 0.29) is 5.56 Å². The van der Waals surface area contributed by atoms with E-state index < -0.39 is 30.1 Å². The number of carbonyl (C=O) groups is 1. The van der Waals surface area contributed by atoms with Gasteiger partial charge in [-0.1, -0.05) is 30.3 Å². The molecule has 1 unspecified atom stereocenters. The van der Waals surface area contributed by atoms with E-state index in [1.165, 1.54) is 24.5 Å². The van der Waals surface area contributed by atoms with Crippen molar-refractivity contribution in [1.82, 2.24) is 14.9 Å². The van der Waals surface area contributed by atoms with Crippen LogP contribution in [0.15, 0.2) is 54.9 Å². The maximum absolute atomic E-state index is 13.3. The summed E-state index contributed by atoms with van der Waals surface area (Å²) in [6, 6.07) is 11.8. The average molecular weight is 430 g/mol. The number of fused-ring (bicyclic) bond motifs is 1. The molecule has 162 valence electrons. The van der Waals surface area contributed by atoms with E-state index in [2.05, 4.69) is 14.7 Å². The second kappa shape index (κ2) is 8.50. The molecule has 6 nitrogen and oxygen atoms in total. The largest absolute Gasteiger partial charge is 0.573 e. The van der Waals surface area contributed by atoms with E-state index in [4.69, 9.17) is 5.73 Å². The third-order valence-corrected chi connectivity index (χ3v) is 5.46. The number of nitrogens with two attached hydrogens (primary N) is 1. The Morgan fingerprint density at radius 3 is 2.65 bits per heavy atom. The first-order valence-electron chi connectivity index (χ1n) is 9.96. The van der Waals surface area contributed by atoms with Gasteiger partial charge < -0.3 is 15.4 Å². The zero-order chi connectivity index (χ0) is 22.0. The molecule has 2 aromatic carbocycles. The molecule has 9 heteroatoms. The number of hydrogen-bond donors (Lipinski definition) is 1. The normalized spacial score (nSPS) is 18.1. The van der Waals surface area contributed by atoms with Crippen LogP contribution in [0.3, 0.4) is 0 Å². The number of benzene rings is 2. The molecular formula is C22H21F3N4O2. The number of hydrogen-bond acceptors (Lipinski definition) is 5. The van der Waals surface area contributed by atoms with Gasteiger partial charge >= 0.3 is 6.36 Å². The molecule has 1 aromatic heterocycles. The molecule has 1 aliphatic heterocycles. The maximum Gasteiger partial charge on any atom is 0.573 e. The molecule has 2 N–H and O–H groups in total. The van der Waals surface area contributed by atoms with Crippen LogP contribution >= 0.6 is 0 Å². The van der Waals surface area contributed by atoms with E-state index in [1.54, 1.807) is 4.90 Å². The average Bonchev–Trinajstić information content (AvgIpc) is 2.77. The number of halogens is 3. The van der Waals surface area contributed by atoms with Crippen molar-refractivity contribution in [3.8, 4) is 5.75 Å². The lowest BCUT2D eigenvalue weighted by molar-refractivity contribution is -0.274. The molecule has 4 rings (SSSR count). The Labute approximate surface area is 176 Å². The van der Waals surface area contributed by atoms with E-state index >= 15 is 0 Å². The van der Waals surface area contributed by atoms with Crippen LogP contribution in [0.25, 0.3) is 10.9 Å². The topological polar surface area (TPSA) is 81.3 Å². The van der Waals surface area contributed by atoms with Gasteiger partial charge in [0.25, 0.3) is 5.91 Å². The van der Waals surface area contributed by atoms with Gasteiger partial charge in [-0.3, -0.25) is 4.79 Å². The van der Waals surface area contributed by atoms with E-state index in [0.29, 0.717) is 18.7 Å². The first-order chi connectivity index (χ1) is 14.8. The van der Waals surface area contributed by atoms with Gasteiger partial charge in [-0.25, -0.2) is 9.97 Å². The van der Waals surface area contributed by atoms with E-state index in [1.807, 2.05) is 24.3 Å². The number of amides is 1. The second-order valence-electron chi connectivity index (χ2n) is 7.41. The lowest BCUT2D eigenvalue weighted by Crippen LogP contribution is -2.49.